The fourth-order valence-electron chi connectivity index (χ4n) is 1.73. The van der Waals surface area contributed by atoms with Gasteiger partial charge in [0.25, 0.3) is 5.91 Å². The van der Waals surface area contributed by atoms with Gasteiger partial charge < -0.3 is 10.1 Å². The third kappa shape index (κ3) is 4.77. The summed E-state index contributed by atoms with van der Waals surface area (Å²) in [5.74, 6) is -1.25. The third-order valence-corrected chi connectivity index (χ3v) is 2.93. The first-order valence-electron chi connectivity index (χ1n) is 6.74. The molecule has 0 spiro atoms. The summed E-state index contributed by atoms with van der Waals surface area (Å²) in [5.41, 5.74) is 2.61. The summed E-state index contributed by atoms with van der Waals surface area (Å²) in [4.78, 5) is 11.6. The highest BCUT2D eigenvalue weighted by molar-refractivity contribution is 5.84. The van der Waals surface area contributed by atoms with Gasteiger partial charge in [-0.3, -0.25) is 4.79 Å². The number of methoxy groups -OCH3 is 1. The molecule has 0 radical (unpaired) electrons. The van der Waals surface area contributed by atoms with Crippen LogP contribution in [0.3, 0.4) is 0 Å². The van der Waals surface area contributed by atoms with Crippen LogP contribution in [0.2, 0.25) is 0 Å². The molecule has 120 valence electrons. The summed E-state index contributed by atoms with van der Waals surface area (Å²) in [7, 11) is 1.56. The van der Waals surface area contributed by atoms with Crippen molar-refractivity contribution in [3.63, 3.8) is 0 Å². The van der Waals surface area contributed by atoms with Gasteiger partial charge >= 0.3 is 0 Å². The molecule has 0 aliphatic heterocycles. The monoisotopic (exact) mass is 319 g/mol. The van der Waals surface area contributed by atoms with E-state index in [-0.39, 0.29) is 12.1 Å². The quantitative estimate of drug-likeness (QED) is 0.635. The number of rotatable bonds is 6. The Kier molecular flexibility index (Phi) is 5.62. The van der Waals surface area contributed by atoms with E-state index in [9.17, 15) is 13.6 Å². The Balaban J connectivity index is 1.84. The van der Waals surface area contributed by atoms with E-state index in [0.29, 0.717) is 5.75 Å². The average molecular weight is 319 g/mol. The fourth-order valence-corrected chi connectivity index (χ4v) is 1.73. The maximum atomic E-state index is 13.3. The van der Waals surface area contributed by atoms with Crippen LogP contribution in [0.15, 0.2) is 47.6 Å². The van der Waals surface area contributed by atoms with E-state index < -0.39 is 17.5 Å². The smallest absolute Gasteiger partial charge is 0.259 e. The largest absolute Gasteiger partial charge is 0.497 e. The minimum absolute atomic E-state index is 0.0383. The van der Waals surface area contributed by atoms with Gasteiger partial charge in [-0.05, 0) is 36.4 Å². The first kappa shape index (κ1) is 16.4. The Morgan fingerprint density at radius 3 is 2.43 bits per heavy atom. The number of halogens is 2. The fraction of sp³-hybridized carbons (Fsp3) is 0.125. The number of carbonyl (C=O) groups excluding carboxylic acids is 1. The van der Waals surface area contributed by atoms with Gasteiger partial charge in [0, 0.05) is 5.69 Å². The van der Waals surface area contributed by atoms with Crippen LogP contribution in [0.5, 0.6) is 5.75 Å². The van der Waals surface area contributed by atoms with Gasteiger partial charge in [-0.15, -0.1) is 0 Å². The van der Waals surface area contributed by atoms with Crippen LogP contribution >= 0.6 is 0 Å². The number of nitrogens with one attached hydrogen (secondary N) is 2. The van der Waals surface area contributed by atoms with E-state index in [2.05, 4.69) is 15.8 Å². The van der Waals surface area contributed by atoms with E-state index in [4.69, 9.17) is 4.74 Å². The van der Waals surface area contributed by atoms with Gasteiger partial charge in [-0.2, -0.15) is 5.10 Å². The van der Waals surface area contributed by atoms with Crippen molar-refractivity contribution in [2.75, 3.05) is 19.0 Å². The van der Waals surface area contributed by atoms with Gasteiger partial charge in [0.15, 0.2) is 0 Å². The van der Waals surface area contributed by atoms with Gasteiger partial charge in [0.2, 0.25) is 0 Å². The molecule has 2 N–H and O–H groups in total. The summed E-state index contributed by atoms with van der Waals surface area (Å²) < 4.78 is 31.7. The molecular formula is C16H15F2N3O2. The van der Waals surface area contributed by atoms with Crippen molar-refractivity contribution in [2.45, 2.75) is 0 Å². The lowest BCUT2D eigenvalue weighted by atomic mass is 10.2. The van der Waals surface area contributed by atoms with E-state index in [1.165, 1.54) is 6.07 Å². The van der Waals surface area contributed by atoms with Crippen molar-refractivity contribution in [1.82, 2.24) is 5.43 Å². The number of hydrazone groups is 1. The number of benzene rings is 2. The molecule has 0 saturated carbocycles. The zero-order chi connectivity index (χ0) is 16.7. The number of hydrogen-bond donors (Lipinski definition) is 2. The number of carbonyl (C=O) groups is 1. The van der Waals surface area contributed by atoms with Crippen LogP contribution in [0.25, 0.3) is 0 Å². The zero-order valence-electron chi connectivity index (χ0n) is 12.3. The Hall–Kier alpha value is -2.96. The zero-order valence-corrected chi connectivity index (χ0v) is 12.3. The molecule has 0 saturated heterocycles. The number of hydrogen-bond acceptors (Lipinski definition) is 4. The maximum absolute atomic E-state index is 13.3. The Bertz CT molecular complexity index is 683. The molecule has 1 amide bonds. The molecule has 0 atom stereocenters. The van der Waals surface area contributed by atoms with Crippen LogP contribution in [-0.4, -0.2) is 25.8 Å². The predicted molar refractivity (Wildman–Crippen MR) is 83.6 cm³/mol. The molecule has 5 nitrogen and oxygen atoms in total. The summed E-state index contributed by atoms with van der Waals surface area (Å²) >= 11 is 0. The SMILES string of the molecule is COc1ccc(NCC(=O)N/N=C/c2c(F)cccc2F)cc1. The molecule has 0 aliphatic carbocycles. The summed E-state index contributed by atoms with van der Waals surface area (Å²) in [6.07, 6.45) is 0.927. The van der Waals surface area contributed by atoms with Crippen LogP contribution in [0, 0.1) is 11.6 Å². The molecule has 0 aliphatic rings. The first-order chi connectivity index (χ1) is 11.1. The van der Waals surface area contributed by atoms with Crippen molar-refractivity contribution >= 4 is 17.8 Å². The second-order valence-corrected chi connectivity index (χ2v) is 4.51. The summed E-state index contributed by atoms with van der Waals surface area (Å²) in [5, 5.41) is 6.42. The molecule has 7 heteroatoms. The minimum atomic E-state index is -0.751. The molecule has 0 fully saturated rings. The van der Waals surface area contributed by atoms with Gasteiger partial charge in [0.05, 0.1) is 25.4 Å². The summed E-state index contributed by atoms with van der Waals surface area (Å²) in [6.45, 7) is -0.0383. The van der Waals surface area contributed by atoms with Crippen molar-refractivity contribution in [1.29, 1.82) is 0 Å². The van der Waals surface area contributed by atoms with Crippen molar-refractivity contribution in [3.8, 4) is 5.75 Å². The normalized spacial score (nSPS) is 10.6. The van der Waals surface area contributed by atoms with E-state index >= 15 is 0 Å². The Labute approximate surface area is 132 Å². The van der Waals surface area contributed by atoms with Crippen LogP contribution in [0.1, 0.15) is 5.56 Å². The molecule has 23 heavy (non-hydrogen) atoms. The number of anilines is 1. The molecule has 0 heterocycles. The van der Waals surface area contributed by atoms with Crippen molar-refractivity contribution in [3.05, 3.63) is 59.7 Å². The van der Waals surface area contributed by atoms with E-state index in [0.717, 1.165) is 24.0 Å². The lowest BCUT2D eigenvalue weighted by Crippen LogP contribution is -2.25. The second-order valence-electron chi connectivity index (χ2n) is 4.51. The van der Waals surface area contributed by atoms with E-state index in [1.807, 2.05) is 0 Å². The number of nitrogens with zero attached hydrogens (tertiary/aromatic N) is 1. The van der Waals surface area contributed by atoms with Crippen LogP contribution in [0.4, 0.5) is 14.5 Å². The lowest BCUT2D eigenvalue weighted by Gasteiger charge is -2.06. The Morgan fingerprint density at radius 2 is 1.83 bits per heavy atom. The molecule has 2 aromatic rings. The average Bonchev–Trinajstić information content (AvgIpc) is 2.56. The summed E-state index contributed by atoms with van der Waals surface area (Å²) in [6, 6.07) is 10.5. The predicted octanol–water partition coefficient (Wildman–Crippen LogP) is 2.54. The number of amides is 1. The molecule has 0 bridgehead atoms. The van der Waals surface area contributed by atoms with Crippen LogP contribution < -0.4 is 15.5 Å². The third-order valence-electron chi connectivity index (χ3n) is 2.93. The minimum Gasteiger partial charge on any atom is -0.497 e. The van der Waals surface area contributed by atoms with Gasteiger partial charge in [-0.1, -0.05) is 6.07 Å². The van der Waals surface area contributed by atoms with E-state index in [1.54, 1.807) is 31.4 Å². The molecular weight excluding hydrogens is 304 g/mol. The highest BCUT2D eigenvalue weighted by Crippen LogP contribution is 2.14. The number of ether oxygens (including phenoxy) is 1. The van der Waals surface area contributed by atoms with Gasteiger partial charge in [-0.25, -0.2) is 14.2 Å². The highest BCUT2D eigenvalue weighted by Gasteiger charge is 2.05. The van der Waals surface area contributed by atoms with Gasteiger partial charge in [0.1, 0.15) is 17.4 Å². The first-order valence-corrected chi connectivity index (χ1v) is 6.74. The van der Waals surface area contributed by atoms with Crippen molar-refractivity contribution < 1.29 is 18.3 Å². The van der Waals surface area contributed by atoms with Crippen molar-refractivity contribution in [2.24, 2.45) is 5.10 Å². The second kappa shape index (κ2) is 7.88. The maximum Gasteiger partial charge on any atom is 0.259 e. The topological polar surface area (TPSA) is 62.7 Å². The van der Waals surface area contributed by atoms with Crippen LogP contribution in [-0.2, 0) is 4.79 Å². The molecule has 2 rings (SSSR count). The standard InChI is InChI=1S/C16H15F2N3O2/c1-23-12-7-5-11(6-8-12)19-10-16(22)21-20-9-13-14(17)3-2-4-15(13)18/h2-9,19H,10H2,1H3,(H,21,22)/b20-9+. The molecule has 2 aromatic carbocycles. The molecule has 0 unspecified atom stereocenters. The highest BCUT2D eigenvalue weighted by atomic mass is 19.1. The Morgan fingerprint density at radius 1 is 1.17 bits per heavy atom. The lowest BCUT2D eigenvalue weighted by molar-refractivity contribution is -0.119. The molecule has 0 aromatic heterocycles.